The van der Waals surface area contributed by atoms with Crippen molar-refractivity contribution in [3.8, 4) is 5.75 Å². The number of carbonyl (C=O) groups excluding carboxylic acids is 1. The third kappa shape index (κ3) is 3.20. The van der Waals surface area contributed by atoms with Gasteiger partial charge in [0.15, 0.2) is 9.84 Å². The van der Waals surface area contributed by atoms with Gasteiger partial charge in [0, 0.05) is 28.7 Å². The number of fused-ring (bicyclic) bond motifs is 3. The molecule has 0 fully saturated rings. The van der Waals surface area contributed by atoms with Gasteiger partial charge in [0.05, 0.1) is 17.7 Å². The van der Waals surface area contributed by atoms with Crippen LogP contribution in [0.3, 0.4) is 0 Å². The zero-order valence-corrected chi connectivity index (χ0v) is 16.0. The molecule has 7 heteroatoms. The van der Waals surface area contributed by atoms with Crippen LogP contribution in [0.5, 0.6) is 5.75 Å². The van der Waals surface area contributed by atoms with E-state index in [1.54, 1.807) is 12.1 Å². The molecule has 1 amide bonds. The number of benzene rings is 3. The van der Waals surface area contributed by atoms with Gasteiger partial charge in [-0.3, -0.25) is 4.79 Å². The van der Waals surface area contributed by atoms with E-state index in [1.807, 2.05) is 30.3 Å². The van der Waals surface area contributed by atoms with Crippen LogP contribution >= 0.6 is 0 Å². The smallest absolute Gasteiger partial charge is 0.255 e. The fourth-order valence-corrected chi connectivity index (χ4v) is 3.75. The molecular weight excluding hydrogens is 378 g/mol. The summed E-state index contributed by atoms with van der Waals surface area (Å²) in [6, 6.07) is 17.0. The van der Waals surface area contributed by atoms with Gasteiger partial charge in [0.1, 0.15) is 16.9 Å². The van der Waals surface area contributed by atoms with Gasteiger partial charge in [-0.1, -0.05) is 24.3 Å². The Balaban J connectivity index is 1.75. The van der Waals surface area contributed by atoms with Gasteiger partial charge in [0.2, 0.25) is 0 Å². The molecule has 4 rings (SSSR count). The number of hydrogen-bond donors (Lipinski definition) is 1. The van der Waals surface area contributed by atoms with E-state index in [0.29, 0.717) is 17.0 Å². The molecule has 6 nitrogen and oxygen atoms in total. The Hall–Kier alpha value is -3.32. The molecule has 0 bridgehead atoms. The number of ether oxygens (including phenoxy) is 1. The Morgan fingerprint density at radius 1 is 0.964 bits per heavy atom. The Bertz CT molecular complexity index is 1320. The zero-order chi connectivity index (χ0) is 19.9. The minimum atomic E-state index is -3.41. The lowest BCUT2D eigenvalue weighted by Gasteiger charge is -2.11. The summed E-state index contributed by atoms with van der Waals surface area (Å²) < 4.78 is 34.8. The first kappa shape index (κ1) is 18.1. The van der Waals surface area contributed by atoms with Crippen LogP contribution in [0.1, 0.15) is 10.4 Å². The molecule has 0 saturated heterocycles. The third-order valence-corrected chi connectivity index (χ3v) is 5.58. The van der Waals surface area contributed by atoms with Gasteiger partial charge in [-0.15, -0.1) is 0 Å². The second-order valence-electron chi connectivity index (χ2n) is 6.40. The Morgan fingerprint density at radius 3 is 2.50 bits per heavy atom. The van der Waals surface area contributed by atoms with Crippen LogP contribution in [0.15, 0.2) is 70.0 Å². The van der Waals surface area contributed by atoms with Crippen molar-refractivity contribution >= 4 is 43.4 Å². The molecular formula is C21H17NO5S. The summed E-state index contributed by atoms with van der Waals surface area (Å²) in [6.45, 7) is 0. The molecule has 0 radical (unpaired) electrons. The number of para-hydroxylation sites is 1. The van der Waals surface area contributed by atoms with E-state index >= 15 is 0 Å². The maximum absolute atomic E-state index is 12.7. The van der Waals surface area contributed by atoms with Crippen molar-refractivity contribution in [2.75, 3.05) is 18.7 Å². The average Bonchev–Trinajstić information content (AvgIpc) is 3.04. The van der Waals surface area contributed by atoms with E-state index in [9.17, 15) is 13.2 Å². The summed E-state index contributed by atoms with van der Waals surface area (Å²) in [5.74, 6) is 0.0333. The van der Waals surface area contributed by atoms with Crippen LogP contribution in [0.2, 0.25) is 0 Å². The normalized spacial score (nSPS) is 11.6. The van der Waals surface area contributed by atoms with Gasteiger partial charge in [-0.05, 0) is 30.3 Å². The van der Waals surface area contributed by atoms with E-state index in [0.717, 1.165) is 22.6 Å². The highest BCUT2D eigenvalue weighted by molar-refractivity contribution is 7.90. The number of methoxy groups -OCH3 is 1. The largest absolute Gasteiger partial charge is 0.495 e. The summed E-state index contributed by atoms with van der Waals surface area (Å²) in [6.07, 6.45) is 1.10. The monoisotopic (exact) mass is 395 g/mol. The minimum absolute atomic E-state index is 0.0832. The summed E-state index contributed by atoms with van der Waals surface area (Å²) in [4.78, 5) is 12.8. The van der Waals surface area contributed by atoms with Crippen molar-refractivity contribution < 1.29 is 22.4 Å². The predicted molar refractivity (Wildman–Crippen MR) is 108 cm³/mol. The van der Waals surface area contributed by atoms with Crippen molar-refractivity contribution in [3.05, 3.63) is 66.2 Å². The Labute approximate surface area is 161 Å². The second kappa shape index (κ2) is 6.69. The van der Waals surface area contributed by atoms with Crippen molar-refractivity contribution in [1.82, 2.24) is 0 Å². The van der Waals surface area contributed by atoms with Crippen LogP contribution in [0.4, 0.5) is 5.69 Å². The topological polar surface area (TPSA) is 85.6 Å². The molecule has 0 saturated carbocycles. The lowest BCUT2D eigenvalue weighted by molar-refractivity contribution is 0.102. The Kier molecular flexibility index (Phi) is 4.31. The summed E-state index contributed by atoms with van der Waals surface area (Å²) >= 11 is 0. The number of amides is 1. The first-order valence-electron chi connectivity index (χ1n) is 8.47. The van der Waals surface area contributed by atoms with Gasteiger partial charge in [-0.2, -0.15) is 0 Å². The van der Waals surface area contributed by atoms with Crippen molar-refractivity contribution in [3.63, 3.8) is 0 Å². The number of sulfone groups is 1. The summed E-state index contributed by atoms with van der Waals surface area (Å²) in [5, 5.41) is 4.61. The summed E-state index contributed by atoms with van der Waals surface area (Å²) in [7, 11) is -1.89. The van der Waals surface area contributed by atoms with Gasteiger partial charge >= 0.3 is 0 Å². The maximum atomic E-state index is 12.7. The van der Waals surface area contributed by atoms with Crippen LogP contribution < -0.4 is 10.1 Å². The van der Waals surface area contributed by atoms with Gasteiger partial charge in [-0.25, -0.2) is 8.42 Å². The molecule has 0 unspecified atom stereocenters. The van der Waals surface area contributed by atoms with Gasteiger partial charge < -0.3 is 14.5 Å². The van der Waals surface area contributed by atoms with Crippen molar-refractivity contribution in [2.45, 2.75) is 4.90 Å². The van der Waals surface area contributed by atoms with E-state index in [2.05, 4.69) is 5.32 Å². The van der Waals surface area contributed by atoms with Crippen LogP contribution in [0, 0.1) is 0 Å². The van der Waals surface area contributed by atoms with Crippen LogP contribution in [0.25, 0.3) is 21.9 Å². The minimum Gasteiger partial charge on any atom is -0.495 e. The van der Waals surface area contributed by atoms with E-state index in [4.69, 9.17) is 9.15 Å². The highest BCUT2D eigenvalue weighted by atomic mass is 32.2. The van der Waals surface area contributed by atoms with E-state index in [-0.39, 0.29) is 10.5 Å². The SMILES string of the molecule is COc1cc2c(cc1NC(=O)c1cccc(S(C)(=O)=O)c1)oc1ccccc12. The molecule has 0 atom stereocenters. The number of carbonyl (C=O) groups is 1. The fraction of sp³-hybridized carbons (Fsp3) is 0.0952. The number of rotatable bonds is 4. The molecule has 4 aromatic rings. The number of furan rings is 1. The number of nitrogens with one attached hydrogen (secondary N) is 1. The molecule has 0 aliphatic rings. The van der Waals surface area contributed by atoms with Gasteiger partial charge in [0.25, 0.3) is 5.91 Å². The van der Waals surface area contributed by atoms with Crippen molar-refractivity contribution in [2.24, 2.45) is 0 Å². The lowest BCUT2D eigenvalue weighted by Crippen LogP contribution is -2.13. The number of hydrogen-bond acceptors (Lipinski definition) is 5. The zero-order valence-electron chi connectivity index (χ0n) is 15.2. The lowest BCUT2D eigenvalue weighted by atomic mass is 10.1. The summed E-state index contributed by atoms with van der Waals surface area (Å²) in [5.41, 5.74) is 2.02. The molecule has 28 heavy (non-hydrogen) atoms. The highest BCUT2D eigenvalue weighted by Crippen LogP contribution is 2.36. The molecule has 1 N–H and O–H groups in total. The van der Waals surface area contributed by atoms with Crippen LogP contribution in [-0.4, -0.2) is 27.7 Å². The molecule has 142 valence electrons. The van der Waals surface area contributed by atoms with E-state index in [1.165, 1.54) is 25.3 Å². The molecule has 0 spiro atoms. The highest BCUT2D eigenvalue weighted by Gasteiger charge is 2.16. The standard InChI is InChI=1S/C21H17NO5S/c1-26-20-11-16-15-8-3-4-9-18(15)27-19(16)12-17(20)22-21(23)13-6-5-7-14(10-13)28(2,24)25/h3-12H,1-2H3,(H,22,23). The Morgan fingerprint density at radius 2 is 1.75 bits per heavy atom. The third-order valence-electron chi connectivity index (χ3n) is 4.47. The molecule has 0 aliphatic heterocycles. The molecule has 3 aromatic carbocycles. The second-order valence-corrected chi connectivity index (χ2v) is 8.42. The first-order valence-corrected chi connectivity index (χ1v) is 10.4. The predicted octanol–water partition coefficient (Wildman–Crippen LogP) is 4.25. The van der Waals surface area contributed by atoms with Crippen LogP contribution in [-0.2, 0) is 9.84 Å². The maximum Gasteiger partial charge on any atom is 0.255 e. The molecule has 1 aromatic heterocycles. The number of anilines is 1. The average molecular weight is 395 g/mol. The first-order chi connectivity index (χ1) is 13.4. The van der Waals surface area contributed by atoms with Crippen molar-refractivity contribution in [1.29, 1.82) is 0 Å². The quantitative estimate of drug-likeness (QED) is 0.558. The van der Waals surface area contributed by atoms with E-state index < -0.39 is 15.7 Å². The fourth-order valence-electron chi connectivity index (χ4n) is 3.08. The molecule has 0 aliphatic carbocycles. The molecule has 1 heterocycles.